The summed E-state index contributed by atoms with van der Waals surface area (Å²) in [6, 6.07) is 21.4. The normalized spacial score (nSPS) is 10.9. The molecule has 0 saturated carbocycles. The number of rotatable bonds is 6. The zero-order valence-electron chi connectivity index (χ0n) is 14.6. The molecule has 0 aliphatic rings. The molecule has 1 N–H and O–H groups in total. The molecule has 0 aliphatic heterocycles. The summed E-state index contributed by atoms with van der Waals surface area (Å²) in [6.07, 6.45) is 3.42. The molecule has 0 spiro atoms. The summed E-state index contributed by atoms with van der Waals surface area (Å²) >= 11 is 4.87. The first-order chi connectivity index (χ1) is 13.8. The molecule has 7 heteroatoms. The van der Waals surface area contributed by atoms with E-state index in [0.717, 1.165) is 26.4 Å². The van der Waals surface area contributed by atoms with Gasteiger partial charge in [0, 0.05) is 27.7 Å². The van der Waals surface area contributed by atoms with E-state index in [4.69, 9.17) is 4.74 Å². The predicted molar refractivity (Wildman–Crippen MR) is 117 cm³/mol. The van der Waals surface area contributed by atoms with Gasteiger partial charge in [-0.3, -0.25) is 5.43 Å². The van der Waals surface area contributed by atoms with Crippen LogP contribution in [0.5, 0.6) is 11.6 Å². The molecule has 4 aromatic rings. The maximum atomic E-state index is 5.77. The van der Waals surface area contributed by atoms with Gasteiger partial charge in [0.1, 0.15) is 5.75 Å². The Morgan fingerprint density at radius 1 is 1.04 bits per heavy atom. The number of thiazole rings is 1. The highest BCUT2D eigenvalue weighted by Gasteiger charge is 2.03. The van der Waals surface area contributed by atoms with Crippen molar-refractivity contribution in [1.82, 2.24) is 9.97 Å². The van der Waals surface area contributed by atoms with Gasteiger partial charge >= 0.3 is 0 Å². The minimum atomic E-state index is 0.534. The summed E-state index contributed by atoms with van der Waals surface area (Å²) in [5, 5.41) is 7.02. The van der Waals surface area contributed by atoms with Gasteiger partial charge in [-0.15, -0.1) is 11.3 Å². The average molecular weight is 451 g/mol. The standard InChI is InChI=1S/C21H15BrN4OS/c22-17-9-10-20(23-13-17)27-18-8-4-5-15(11-18)12-24-26-21-25-19(14-28-21)16-6-2-1-3-7-16/h1-14H,(H,25,26). The fourth-order valence-electron chi connectivity index (χ4n) is 2.43. The number of benzene rings is 2. The van der Waals surface area contributed by atoms with E-state index >= 15 is 0 Å². The lowest BCUT2D eigenvalue weighted by Crippen LogP contribution is -1.92. The van der Waals surface area contributed by atoms with Crippen molar-refractivity contribution < 1.29 is 4.74 Å². The number of nitrogens with zero attached hydrogens (tertiary/aromatic N) is 3. The molecule has 0 radical (unpaired) electrons. The molecule has 0 bridgehead atoms. The van der Waals surface area contributed by atoms with Crippen molar-refractivity contribution in [2.24, 2.45) is 5.10 Å². The molecule has 0 fully saturated rings. The first-order valence-electron chi connectivity index (χ1n) is 8.46. The second-order valence-corrected chi connectivity index (χ2v) is 7.54. The van der Waals surface area contributed by atoms with Crippen LogP contribution in [0.3, 0.4) is 0 Å². The SMILES string of the molecule is Brc1ccc(Oc2cccc(C=NNc3nc(-c4ccccc4)cs3)c2)nc1. The molecular weight excluding hydrogens is 436 g/mol. The highest BCUT2D eigenvalue weighted by molar-refractivity contribution is 9.10. The van der Waals surface area contributed by atoms with E-state index in [9.17, 15) is 0 Å². The van der Waals surface area contributed by atoms with Crippen LogP contribution in [0.4, 0.5) is 5.13 Å². The molecule has 138 valence electrons. The Bertz CT molecular complexity index is 1080. The fourth-order valence-corrected chi connectivity index (χ4v) is 3.33. The fraction of sp³-hybridized carbons (Fsp3) is 0. The summed E-state index contributed by atoms with van der Waals surface area (Å²) < 4.78 is 6.67. The van der Waals surface area contributed by atoms with E-state index in [-0.39, 0.29) is 0 Å². The summed E-state index contributed by atoms with van der Waals surface area (Å²) in [5.41, 5.74) is 5.90. The van der Waals surface area contributed by atoms with Gasteiger partial charge in [0.05, 0.1) is 11.9 Å². The molecule has 4 rings (SSSR count). The average Bonchev–Trinajstić information content (AvgIpc) is 3.20. The maximum Gasteiger partial charge on any atom is 0.219 e. The number of aromatic nitrogens is 2. The molecule has 28 heavy (non-hydrogen) atoms. The Labute approximate surface area is 174 Å². The van der Waals surface area contributed by atoms with Crippen LogP contribution in [-0.4, -0.2) is 16.2 Å². The number of hydrogen-bond acceptors (Lipinski definition) is 6. The van der Waals surface area contributed by atoms with Gasteiger partial charge < -0.3 is 4.74 Å². The number of hydrazone groups is 1. The Balaban J connectivity index is 1.40. The van der Waals surface area contributed by atoms with E-state index in [1.165, 1.54) is 11.3 Å². The molecule has 0 aliphatic carbocycles. The lowest BCUT2D eigenvalue weighted by Gasteiger charge is -2.05. The predicted octanol–water partition coefficient (Wildman–Crippen LogP) is 6.21. The lowest BCUT2D eigenvalue weighted by atomic mass is 10.2. The number of pyridine rings is 1. The minimum Gasteiger partial charge on any atom is -0.439 e. The number of ether oxygens (including phenoxy) is 1. The third-order valence-corrected chi connectivity index (χ3v) is 4.94. The van der Waals surface area contributed by atoms with Gasteiger partial charge in [-0.1, -0.05) is 42.5 Å². The van der Waals surface area contributed by atoms with Crippen molar-refractivity contribution in [2.75, 3.05) is 5.43 Å². The number of halogens is 1. The van der Waals surface area contributed by atoms with Crippen LogP contribution < -0.4 is 10.2 Å². The van der Waals surface area contributed by atoms with Crippen molar-refractivity contribution in [3.63, 3.8) is 0 Å². The topological polar surface area (TPSA) is 59.4 Å². The minimum absolute atomic E-state index is 0.534. The van der Waals surface area contributed by atoms with E-state index in [1.54, 1.807) is 18.5 Å². The van der Waals surface area contributed by atoms with Crippen LogP contribution in [0.1, 0.15) is 5.56 Å². The second kappa shape index (κ2) is 8.77. The largest absolute Gasteiger partial charge is 0.439 e. The third-order valence-electron chi connectivity index (χ3n) is 3.73. The third kappa shape index (κ3) is 4.82. The molecule has 0 saturated heterocycles. The first kappa shape index (κ1) is 18.3. The molecule has 2 aromatic heterocycles. The van der Waals surface area contributed by atoms with E-state index < -0.39 is 0 Å². The number of hydrogen-bond donors (Lipinski definition) is 1. The van der Waals surface area contributed by atoms with Crippen molar-refractivity contribution in [3.8, 4) is 22.9 Å². The second-order valence-electron chi connectivity index (χ2n) is 5.76. The van der Waals surface area contributed by atoms with Crippen LogP contribution in [0.15, 0.2) is 87.9 Å². The van der Waals surface area contributed by atoms with Crippen LogP contribution in [0, 0.1) is 0 Å². The zero-order chi connectivity index (χ0) is 19.2. The molecule has 5 nitrogen and oxygen atoms in total. The van der Waals surface area contributed by atoms with Crippen molar-refractivity contribution in [2.45, 2.75) is 0 Å². The summed E-state index contributed by atoms with van der Waals surface area (Å²) in [4.78, 5) is 8.76. The van der Waals surface area contributed by atoms with E-state index in [0.29, 0.717) is 11.6 Å². The van der Waals surface area contributed by atoms with Gasteiger partial charge in [-0.2, -0.15) is 5.10 Å². The first-order valence-corrected chi connectivity index (χ1v) is 10.1. The number of nitrogens with one attached hydrogen (secondary N) is 1. The quantitative estimate of drug-likeness (QED) is 0.280. The molecule has 0 amide bonds. The molecular formula is C21H15BrN4OS. The lowest BCUT2D eigenvalue weighted by molar-refractivity contribution is 0.462. The van der Waals surface area contributed by atoms with Crippen LogP contribution in [0.2, 0.25) is 0 Å². The van der Waals surface area contributed by atoms with Crippen molar-refractivity contribution >= 4 is 38.6 Å². The molecule has 2 heterocycles. The van der Waals surface area contributed by atoms with Crippen LogP contribution >= 0.6 is 27.3 Å². The smallest absolute Gasteiger partial charge is 0.219 e. The van der Waals surface area contributed by atoms with Crippen LogP contribution in [-0.2, 0) is 0 Å². The van der Waals surface area contributed by atoms with Crippen LogP contribution in [0.25, 0.3) is 11.3 Å². The van der Waals surface area contributed by atoms with Gasteiger partial charge in [0.2, 0.25) is 11.0 Å². The van der Waals surface area contributed by atoms with Crippen molar-refractivity contribution in [3.05, 3.63) is 88.3 Å². The van der Waals surface area contributed by atoms with Gasteiger partial charge in [-0.05, 0) is 39.7 Å². The molecule has 2 aromatic carbocycles. The maximum absolute atomic E-state index is 5.77. The summed E-state index contributed by atoms with van der Waals surface area (Å²) in [7, 11) is 0. The monoisotopic (exact) mass is 450 g/mol. The Hall–Kier alpha value is -3.03. The number of anilines is 1. The highest BCUT2D eigenvalue weighted by Crippen LogP contribution is 2.25. The zero-order valence-corrected chi connectivity index (χ0v) is 17.0. The van der Waals surface area contributed by atoms with Gasteiger partial charge in [0.15, 0.2) is 0 Å². The molecule has 0 unspecified atom stereocenters. The highest BCUT2D eigenvalue weighted by atomic mass is 79.9. The van der Waals surface area contributed by atoms with Gasteiger partial charge in [0.25, 0.3) is 0 Å². The molecule has 0 atom stereocenters. The Kier molecular flexibility index (Phi) is 5.75. The summed E-state index contributed by atoms with van der Waals surface area (Å²) in [5.74, 6) is 1.23. The Morgan fingerprint density at radius 3 is 2.75 bits per heavy atom. The van der Waals surface area contributed by atoms with E-state index in [1.807, 2.05) is 66.0 Å². The van der Waals surface area contributed by atoms with E-state index in [2.05, 4.69) is 36.4 Å². The van der Waals surface area contributed by atoms with Crippen molar-refractivity contribution in [1.29, 1.82) is 0 Å². The summed E-state index contributed by atoms with van der Waals surface area (Å²) in [6.45, 7) is 0. The van der Waals surface area contributed by atoms with Gasteiger partial charge in [-0.25, -0.2) is 9.97 Å². The Morgan fingerprint density at radius 2 is 1.93 bits per heavy atom.